The Kier molecular flexibility index (Phi) is 4.97. The third-order valence-corrected chi connectivity index (χ3v) is 4.08. The van der Waals surface area contributed by atoms with Gasteiger partial charge in [0.15, 0.2) is 0 Å². The van der Waals surface area contributed by atoms with Crippen LogP contribution in [-0.4, -0.2) is 22.8 Å². The molecule has 18 heavy (non-hydrogen) atoms. The lowest BCUT2D eigenvalue weighted by molar-refractivity contribution is -0.164. The predicted molar refractivity (Wildman–Crippen MR) is 72.1 cm³/mol. The number of rotatable bonds is 3. The number of aliphatic hydroxyl groups excluding tert-OH is 1. The zero-order valence-corrected chi connectivity index (χ0v) is 12.2. The number of allylic oxidation sites excluding steroid dienone is 1. The number of aliphatic hydroxyl groups is 1. The SMILES string of the molecule is CC=C(C)C(=O)OC(C)(C)C1CCC(C)CC1O. The predicted octanol–water partition coefficient (Wildman–Crippen LogP) is 3.07. The summed E-state index contributed by atoms with van der Waals surface area (Å²) in [5, 5.41) is 10.2. The molecule has 1 aliphatic carbocycles. The molecule has 1 fully saturated rings. The molecule has 0 saturated heterocycles. The Bertz CT molecular complexity index is 331. The lowest BCUT2D eigenvalue weighted by Gasteiger charge is -2.41. The van der Waals surface area contributed by atoms with E-state index in [0.29, 0.717) is 11.5 Å². The van der Waals surface area contributed by atoms with E-state index in [1.54, 1.807) is 13.0 Å². The number of carbonyl (C=O) groups is 1. The van der Waals surface area contributed by atoms with Gasteiger partial charge in [-0.1, -0.05) is 19.4 Å². The summed E-state index contributed by atoms with van der Waals surface area (Å²) in [6.45, 7) is 9.52. The number of hydrogen-bond donors (Lipinski definition) is 1. The van der Waals surface area contributed by atoms with Gasteiger partial charge in [0.25, 0.3) is 0 Å². The number of ether oxygens (including phenoxy) is 1. The second-order valence-electron chi connectivity index (χ2n) is 6.06. The highest BCUT2D eigenvalue weighted by molar-refractivity contribution is 5.87. The first-order chi connectivity index (χ1) is 8.27. The van der Waals surface area contributed by atoms with E-state index < -0.39 is 5.60 Å². The lowest BCUT2D eigenvalue weighted by atomic mass is 9.73. The molecule has 1 saturated carbocycles. The maximum Gasteiger partial charge on any atom is 0.333 e. The first kappa shape index (κ1) is 15.2. The second-order valence-corrected chi connectivity index (χ2v) is 6.06. The largest absolute Gasteiger partial charge is 0.456 e. The van der Waals surface area contributed by atoms with Crippen molar-refractivity contribution in [2.45, 2.75) is 65.6 Å². The van der Waals surface area contributed by atoms with Crippen LogP contribution in [0.25, 0.3) is 0 Å². The molecule has 3 atom stereocenters. The van der Waals surface area contributed by atoms with Crippen LogP contribution in [0, 0.1) is 11.8 Å². The average Bonchev–Trinajstić information content (AvgIpc) is 2.26. The molecule has 0 aliphatic heterocycles. The van der Waals surface area contributed by atoms with Crippen LogP contribution >= 0.6 is 0 Å². The van der Waals surface area contributed by atoms with Crippen molar-refractivity contribution in [3.63, 3.8) is 0 Å². The molecule has 3 heteroatoms. The zero-order valence-electron chi connectivity index (χ0n) is 12.2. The molecule has 1 rings (SSSR count). The monoisotopic (exact) mass is 254 g/mol. The summed E-state index contributed by atoms with van der Waals surface area (Å²) >= 11 is 0. The second kappa shape index (κ2) is 5.87. The smallest absolute Gasteiger partial charge is 0.333 e. The topological polar surface area (TPSA) is 46.5 Å². The molecule has 0 radical (unpaired) electrons. The summed E-state index contributed by atoms with van der Waals surface area (Å²) < 4.78 is 5.57. The van der Waals surface area contributed by atoms with Crippen molar-refractivity contribution < 1.29 is 14.6 Å². The van der Waals surface area contributed by atoms with Crippen LogP contribution in [0.4, 0.5) is 0 Å². The Morgan fingerprint density at radius 3 is 2.50 bits per heavy atom. The van der Waals surface area contributed by atoms with Crippen LogP contribution in [0.1, 0.15) is 53.9 Å². The van der Waals surface area contributed by atoms with E-state index >= 15 is 0 Å². The van der Waals surface area contributed by atoms with Gasteiger partial charge in [-0.25, -0.2) is 4.79 Å². The minimum atomic E-state index is -0.610. The molecule has 3 nitrogen and oxygen atoms in total. The van der Waals surface area contributed by atoms with Crippen molar-refractivity contribution in [1.82, 2.24) is 0 Å². The van der Waals surface area contributed by atoms with Crippen molar-refractivity contribution in [3.05, 3.63) is 11.6 Å². The van der Waals surface area contributed by atoms with Crippen molar-refractivity contribution in [1.29, 1.82) is 0 Å². The van der Waals surface area contributed by atoms with Gasteiger partial charge in [-0.05, 0) is 46.5 Å². The molecule has 104 valence electrons. The normalized spacial score (nSPS) is 30.1. The van der Waals surface area contributed by atoms with Gasteiger partial charge in [-0.2, -0.15) is 0 Å². The summed E-state index contributed by atoms with van der Waals surface area (Å²) in [4.78, 5) is 11.8. The van der Waals surface area contributed by atoms with Gasteiger partial charge in [0, 0.05) is 11.5 Å². The standard InChI is InChI=1S/C15H26O3/c1-6-11(3)14(17)18-15(4,5)12-8-7-10(2)9-13(12)16/h6,10,12-13,16H,7-9H2,1-5H3. The molecule has 1 N–H and O–H groups in total. The Labute approximate surface area is 110 Å². The zero-order chi connectivity index (χ0) is 13.9. The van der Waals surface area contributed by atoms with Crippen LogP contribution in [0.3, 0.4) is 0 Å². The van der Waals surface area contributed by atoms with Crippen molar-refractivity contribution >= 4 is 5.97 Å². The Morgan fingerprint density at radius 1 is 1.39 bits per heavy atom. The van der Waals surface area contributed by atoms with E-state index in [9.17, 15) is 9.90 Å². The molecule has 3 unspecified atom stereocenters. The summed E-state index contributed by atoms with van der Waals surface area (Å²) in [7, 11) is 0. The maximum atomic E-state index is 11.8. The van der Waals surface area contributed by atoms with Gasteiger partial charge >= 0.3 is 5.97 Å². The van der Waals surface area contributed by atoms with Crippen molar-refractivity contribution in [3.8, 4) is 0 Å². The van der Waals surface area contributed by atoms with E-state index in [1.165, 1.54) is 0 Å². The van der Waals surface area contributed by atoms with Crippen LogP contribution in [-0.2, 0) is 9.53 Å². The highest BCUT2D eigenvalue weighted by Crippen LogP contribution is 2.37. The average molecular weight is 254 g/mol. The quantitative estimate of drug-likeness (QED) is 0.622. The minimum Gasteiger partial charge on any atom is -0.456 e. The maximum absolute atomic E-state index is 11.8. The number of hydrogen-bond acceptors (Lipinski definition) is 3. The fraction of sp³-hybridized carbons (Fsp3) is 0.800. The number of esters is 1. The van der Waals surface area contributed by atoms with Gasteiger partial charge in [-0.15, -0.1) is 0 Å². The highest BCUT2D eigenvalue weighted by Gasteiger charge is 2.40. The number of carbonyl (C=O) groups excluding carboxylic acids is 1. The van der Waals surface area contributed by atoms with Gasteiger partial charge in [0.1, 0.15) is 5.60 Å². The third kappa shape index (κ3) is 3.58. The molecular weight excluding hydrogens is 228 g/mol. The van der Waals surface area contributed by atoms with E-state index in [1.807, 2.05) is 20.8 Å². The van der Waals surface area contributed by atoms with E-state index in [0.717, 1.165) is 19.3 Å². The molecule has 0 aromatic heterocycles. The van der Waals surface area contributed by atoms with Crippen LogP contribution in [0.2, 0.25) is 0 Å². The lowest BCUT2D eigenvalue weighted by Crippen LogP contribution is -2.45. The van der Waals surface area contributed by atoms with Crippen molar-refractivity contribution in [2.75, 3.05) is 0 Å². The fourth-order valence-corrected chi connectivity index (χ4v) is 2.67. The molecule has 0 bridgehead atoms. The van der Waals surface area contributed by atoms with E-state index in [4.69, 9.17) is 4.74 Å². The first-order valence-corrected chi connectivity index (χ1v) is 6.82. The van der Waals surface area contributed by atoms with Crippen molar-refractivity contribution in [2.24, 2.45) is 11.8 Å². The Hall–Kier alpha value is -0.830. The van der Waals surface area contributed by atoms with Gasteiger partial charge in [-0.3, -0.25) is 0 Å². The fourth-order valence-electron chi connectivity index (χ4n) is 2.67. The minimum absolute atomic E-state index is 0.0299. The van der Waals surface area contributed by atoms with E-state index in [2.05, 4.69) is 6.92 Å². The molecule has 0 amide bonds. The Balaban J connectivity index is 2.71. The third-order valence-electron chi connectivity index (χ3n) is 4.08. The van der Waals surface area contributed by atoms with Crippen LogP contribution in [0.5, 0.6) is 0 Å². The molecule has 0 aromatic carbocycles. The summed E-state index contributed by atoms with van der Waals surface area (Å²) in [6, 6.07) is 0. The highest BCUT2D eigenvalue weighted by atomic mass is 16.6. The molecule has 0 heterocycles. The molecule has 1 aliphatic rings. The first-order valence-electron chi connectivity index (χ1n) is 6.82. The summed E-state index contributed by atoms with van der Waals surface area (Å²) in [6.07, 6.45) is 4.18. The Morgan fingerprint density at radius 2 is 2.00 bits per heavy atom. The van der Waals surface area contributed by atoms with Gasteiger partial charge in [0.05, 0.1) is 6.10 Å². The van der Waals surface area contributed by atoms with Crippen LogP contribution < -0.4 is 0 Å². The molecule has 0 spiro atoms. The summed E-state index contributed by atoms with van der Waals surface area (Å²) in [5.41, 5.74) is 0.00252. The van der Waals surface area contributed by atoms with Gasteiger partial charge in [0.2, 0.25) is 0 Å². The molecule has 0 aromatic rings. The summed E-state index contributed by atoms with van der Waals surface area (Å²) in [5.74, 6) is 0.302. The van der Waals surface area contributed by atoms with E-state index in [-0.39, 0.29) is 18.0 Å². The van der Waals surface area contributed by atoms with Gasteiger partial charge < -0.3 is 9.84 Å². The van der Waals surface area contributed by atoms with Crippen LogP contribution in [0.15, 0.2) is 11.6 Å². The molecular formula is C15H26O3.